The second kappa shape index (κ2) is 8.64. The molecule has 1 fully saturated rings. The van der Waals surface area contributed by atoms with Gasteiger partial charge in [-0.25, -0.2) is 4.98 Å². The van der Waals surface area contributed by atoms with E-state index in [2.05, 4.69) is 15.6 Å². The van der Waals surface area contributed by atoms with Gasteiger partial charge in [-0.1, -0.05) is 12.1 Å². The Morgan fingerprint density at radius 3 is 2.88 bits per heavy atom. The maximum absolute atomic E-state index is 12.6. The van der Waals surface area contributed by atoms with Gasteiger partial charge in [-0.2, -0.15) is 0 Å². The highest BCUT2D eigenvalue weighted by molar-refractivity contribution is 5.95. The van der Waals surface area contributed by atoms with E-state index in [1.807, 2.05) is 12.1 Å². The highest BCUT2D eigenvalue weighted by Gasteiger charge is 2.29. The van der Waals surface area contributed by atoms with Crippen LogP contribution in [0.5, 0.6) is 5.75 Å². The van der Waals surface area contributed by atoms with E-state index in [1.165, 1.54) is 0 Å². The number of ether oxygens (including phenoxy) is 2. The third kappa shape index (κ3) is 4.50. The van der Waals surface area contributed by atoms with Crippen LogP contribution in [0.2, 0.25) is 0 Å². The second-order valence-corrected chi connectivity index (χ2v) is 6.08. The molecule has 2 atom stereocenters. The van der Waals surface area contributed by atoms with Crippen molar-refractivity contribution in [1.29, 1.82) is 0 Å². The van der Waals surface area contributed by atoms with E-state index in [1.54, 1.807) is 37.5 Å². The van der Waals surface area contributed by atoms with E-state index in [4.69, 9.17) is 14.6 Å². The standard InChI is InChI=1S/C19H23N3O4/c1-20-18-10-14(6-8-21-18)19(24)22-16-7-9-25-12-17(16)26-15-4-2-13(11-23)3-5-15/h2-6,8,10,16-17,23H,7,9,11-12H2,1H3,(H,20,21)(H,22,24). The molecule has 2 heterocycles. The SMILES string of the molecule is CNc1cc(C(=O)NC2CCOCC2Oc2ccc(CO)cc2)ccn1. The van der Waals surface area contributed by atoms with E-state index in [0.717, 1.165) is 5.56 Å². The molecule has 2 aromatic rings. The van der Waals surface area contributed by atoms with E-state index >= 15 is 0 Å². The molecule has 1 aromatic carbocycles. The number of rotatable bonds is 6. The Kier molecular flexibility index (Phi) is 6.04. The van der Waals surface area contributed by atoms with Crippen LogP contribution in [-0.2, 0) is 11.3 Å². The summed E-state index contributed by atoms with van der Waals surface area (Å²) in [6.07, 6.45) is 1.99. The van der Waals surface area contributed by atoms with Crippen LogP contribution in [0.3, 0.4) is 0 Å². The molecule has 0 radical (unpaired) electrons. The lowest BCUT2D eigenvalue weighted by Crippen LogP contribution is -2.51. The highest BCUT2D eigenvalue weighted by Crippen LogP contribution is 2.19. The lowest BCUT2D eigenvalue weighted by atomic mass is 10.1. The number of pyridine rings is 1. The van der Waals surface area contributed by atoms with Crippen molar-refractivity contribution in [3.8, 4) is 5.75 Å². The molecular weight excluding hydrogens is 334 g/mol. The fourth-order valence-corrected chi connectivity index (χ4v) is 2.80. The van der Waals surface area contributed by atoms with Gasteiger partial charge in [0, 0.05) is 25.4 Å². The summed E-state index contributed by atoms with van der Waals surface area (Å²) in [5.74, 6) is 1.15. The van der Waals surface area contributed by atoms with Gasteiger partial charge in [0.25, 0.3) is 5.91 Å². The van der Waals surface area contributed by atoms with Crippen molar-refractivity contribution >= 4 is 11.7 Å². The molecule has 1 amide bonds. The Bertz CT molecular complexity index is 736. The quantitative estimate of drug-likeness (QED) is 0.727. The average Bonchev–Trinajstić information content (AvgIpc) is 2.70. The third-order valence-electron chi connectivity index (χ3n) is 4.29. The molecular formula is C19H23N3O4. The van der Waals surface area contributed by atoms with Crippen molar-refractivity contribution in [2.75, 3.05) is 25.6 Å². The van der Waals surface area contributed by atoms with Gasteiger partial charge in [-0.05, 0) is 36.2 Å². The van der Waals surface area contributed by atoms with Crippen LogP contribution >= 0.6 is 0 Å². The van der Waals surface area contributed by atoms with Gasteiger partial charge in [-0.3, -0.25) is 4.79 Å². The predicted molar refractivity (Wildman–Crippen MR) is 97.3 cm³/mol. The fraction of sp³-hybridized carbons (Fsp3) is 0.368. The minimum absolute atomic E-state index is 0.00790. The van der Waals surface area contributed by atoms with Gasteiger partial charge in [0.1, 0.15) is 17.7 Å². The predicted octanol–water partition coefficient (Wildman–Crippen LogP) is 1.58. The number of nitrogens with zero attached hydrogens (tertiary/aromatic N) is 1. The van der Waals surface area contributed by atoms with Crippen molar-refractivity contribution in [2.45, 2.75) is 25.2 Å². The Labute approximate surface area is 152 Å². The summed E-state index contributed by atoms with van der Waals surface area (Å²) in [5.41, 5.74) is 1.36. The van der Waals surface area contributed by atoms with Crippen LogP contribution in [0.1, 0.15) is 22.3 Å². The molecule has 2 unspecified atom stereocenters. The normalized spacial score (nSPS) is 19.6. The van der Waals surface area contributed by atoms with Gasteiger partial charge in [0.05, 0.1) is 19.3 Å². The van der Waals surface area contributed by atoms with E-state index in [9.17, 15) is 4.79 Å². The lowest BCUT2D eigenvalue weighted by Gasteiger charge is -2.32. The molecule has 138 valence electrons. The number of carbonyl (C=O) groups is 1. The van der Waals surface area contributed by atoms with Gasteiger partial charge in [0.15, 0.2) is 0 Å². The van der Waals surface area contributed by atoms with Crippen molar-refractivity contribution in [2.24, 2.45) is 0 Å². The molecule has 0 bridgehead atoms. The van der Waals surface area contributed by atoms with Crippen LogP contribution in [0.4, 0.5) is 5.82 Å². The smallest absolute Gasteiger partial charge is 0.251 e. The number of amides is 1. The third-order valence-corrected chi connectivity index (χ3v) is 4.29. The summed E-state index contributed by atoms with van der Waals surface area (Å²) in [7, 11) is 1.76. The summed E-state index contributed by atoms with van der Waals surface area (Å²) in [5, 5.41) is 15.1. The largest absolute Gasteiger partial charge is 0.486 e. The van der Waals surface area contributed by atoms with Crippen LogP contribution < -0.4 is 15.4 Å². The maximum atomic E-state index is 12.6. The van der Waals surface area contributed by atoms with E-state index < -0.39 is 0 Å². The minimum atomic E-state index is -0.279. The topological polar surface area (TPSA) is 92.7 Å². The summed E-state index contributed by atoms with van der Waals surface area (Å²) < 4.78 is 11.5. The number of benzene rings is 1. The molecule has 3 rings (SSSR count). The molecule has 1 aliphatic rings. The number of aliphatic hydroxyl groups is 1. The van der Waals surface area contributed by atoms with E-state index in [0.29, 0.717) is 36.8 Å². The van der Waals surface area contributed by atoms with Crippen molar-refractivity contribution in [1.82, 2.24) is 10.3 Å². The Hall–Kier alpha value is -2.64. The summed E-state index contributed by atoms with van der Waals surface area (Å²) in [6.45, 7) is 0.975. The van der Waals surface area contributed by atoms with Crippen LogP contribution in [0, 0.1) is 0 Å². The van der Waals surface area contributed by atoms with Gasteiger partial charge < -0.3 is 25.2 Å². The van der Waals surface area contributed by atoms with Crippen LogP contribution in [0.15, 0.2) is 42.6 Å². The maximum Gasteiger partial charge on any atom is 0.251 e. The van der Waals surface area contributed by atoms with Crippen molar-refractivity contribution in [3.63, 3.8) is 0 Å². The van der Waals surface area contributed by atoms with E-state index in [-0.39, 0.29) is 24.7 Å². The number of aromatic nitrogens is 1. The number of nitrogens with one attached hydrogen (secondary N) is 2. The molecule has 0 saturated carbocycles. The van der Waals surface area contributed by atoms with Crippen LogP contribution in [0.25, 0.3) is 0 Å². The van der Waals surface area contributed by atoms with Gasteiger partial charge in [-0.15, -0.1) is 0 Å². The minimum Gasteiger partial charge on any atom is -0.486 e. The first-order chi connectivity index (χ1) is 12.7. The molecule has 7 nitrogen and oxygen atoms in total. The molecule has 26 heavy (non-hydrogen) atoms. The number of hydrogen-bond acceptors (Lipinski definition) is 6. The molecule has 3 N–H and O–H groups in total. The number of aliphatic hydroxyl groups excluding tert-OH is 1. The molecule has 0 aliphatic carbocycles. The molecule has 7 heteroatoms. The van der Waals surface area contributed by atoms with Crippen molar-refractivity contribution < 1.29 is 19.4 Å². The summed E-state index contributed by atoms with van der Waals surface area (Å²) in [4.78, 5) is 16.7. The van der Waals surface area contributed by atoms with Gasteiger partial charge >= 0.3 is 0 Å². The Morgan fingerprint density at radius 2 is 2.15 bits per heavy atom. The molecule has 1 saturated heterocycles. The first kappa shape index (κ1) is 18.2. The Morgan fingerprint density at radius 1 is 1.35 bits per heavy atom. The summed E-state index contributed by atoms with van der Waals surface area (Å²) in [6, 6.07) is 10.5. The zero-order valence-electron chi connectivity index (χ0n) is 14.6. The number of carbonyl (C=O) groups excluding carboxylic acids is 1. The molecule has 1 aromatic heterocycles. The second-order valence-electron chi connectivity index (χ2n) is 6.08. The number of hydrogen-bond donors (Lipinski definition) is 3. The number of anilines is 1. The Balaban J connectivity index is 1.66. The van der Waals surface area contributed by atoms with Gasteiger partial charge in [0.2, 0.25) is 0 Å². The molecule has 0 spiro atoms. The first-order valence-corrected chi connectivity index (χ1v) is 8.58. The highest BCUT2D eigenvalue weighted by atomic mass is 16.5. The van der Waals surface area contributed by atoms with Crippen molar-refractivity contribution in [3.05, 3.63) is 53.7 Å². The zero-order valence-corrected chi connectivity index (χ0v) is 14.6. The monoisotopic (exact) mass is 357 g/mol. The van der Waals surface area contributed by atoms with Crippen LogP contribution in [-0.4, -0.2) is 48.4 Å². The first-order valence-electron chi connectivity index (χ1n) is 8.58. The fourth-order valence-electron chi connectivity index (χ4n) is 2.80. The average molecular weight is 357 g/mol. The zero-order chi connectivity index (χ0) is 18.4. The lowest BCUT2D eigenvalue weighted by molar-refractivity contribution is -0.0135. The summed E-state index contributed by atoms with van der Waals surface area (Å²) >= 11 is 0. The molecule has 1 aliphatic heterocycles.